The summed E-state index contributed by atoms with van der Waals surface area (Å²) in [6.45, 7) is 31.4. The van der Waals surface area contributed by atoms with E-state index in [1.54, 1.807) is 6.08 Å². The number of carbonyl (C=O) groups is 1. The van der Waals surface area contributed by atoms with Crippen molar-refractivity contribution < 1.29 is 18.8 Å². The van der Waals surface area contributed by atoms with E-state index in [0.29, 0.717) is 28.6 Å². The fourth-order valence-corrected chi connectivity index (χ4v) is 18.9. The van der Waals surface area contributed by atoms with E-state index in [-0.39, 0.29) is 32.8 Å². The zero-order valence-corrected chi connectivity index (χ0v) is 34.4. The first-order chi connectivity index (χ1) is 20.6. The van der Waals surface area contributed by atoms with Crippen molar-refractivity contribution in [2.75, 3.05) is 11.5 Å². The molecule has 0 aromatic heterocycles. The number of rotatable bonds is 7. The molecule has 3 aliphatic carbocycles. The Morgan fingerprint density at radius 2 is 1.56 bits per heavy atom. The third-order valence-electron chi connectivity index (χ3n) is 12.4. The van der Waals surface area contributed by atoms with Crippen LogP contribution < -0.4 is 0 Å². The molecule has 8 heteroatoms. The highest BCUT2D eigenvalue weighted by molar-refractivity contribution is 8.18. The minimum Gasteiger partial charge on any atom is -0.547 e. The summed E-state index contributed by atoms with van der Waals surface area (Å²) < 4.78 is 14.2. The first kappa shape index (κ1) is 37.4. The van der Waals surface area contributed by atoms with Gasteiger partial charge in [0.1, 0.15) is 6.10 Å². The van der Waals surface area contributed by atoms with Gasteiger partial charge in [-0.25, -0.2) is 0 Å². The van der Waals surface area contributed by atoms with Crippen LogP contribution in [0.1, 0.15) is 109 Å². The van der Waals surface area contributed by atoms with Gasteiger partial charge in [-0.1, -0.05) is 81.1 Å². The molecule has 0 aromatic carbocycles. The molecule has 45 heavy (non-hydrogen) atoms. The van der Waals surface area contributed by atoms with Crippen molar-refractivity contribution in [3.63, 3.8) is 0 Å². The summed E-state index contributed by atoms with van der Waals surface area (Å²) in [5.41, 5.74) is 1.18. The van der Waals surface area contributed by atoms with Crippen molar-refractivity contribution in [1.82, 2.24) is 0 Å². The van der Waals surface area contributed by atoms with E-state index in [0.717, 1.165) is 30.1 Å². The minimum absolute atomic E-state index is 0.0210. The maximum Gasteiger partial charge on any atom is 0.250 e. The number of hydrogen-bond acceptors (Lipinski definition) is 6. The highest BCUT2D eigenvalue weighted by atomic mass is 32.2. The van der Waals surface area contributed by atoms with Crippen molar-refractivity contribution >= 4 is 45.9 Å². The van der Waals surface area contributed by atoms with Gasteiger partial charge in [0.05, 0.1) is 9.84 Å². The minimum atomic E-state index is -2.16. The van der Waals surface area contributed by atoms with Crippen LogP contribution in [-0.2, 0) is 13.6 Å². The molecule has 1 saturated carbocycles. The van der Waals surface area contributed by atoms with Crippen molar-refractivity contribution in [2.24, 2.45) is 17.3 Å². The first-order valence-electron chi connectivity index (χ1n) is 17.4. The molecule has 2 unspecified atom stereocenters. The Labute approximate surface area is 286 Å². The topological polar surface area (TPSA) is 55.8 Å². The van der Waals surface area contributed by atoms with Crippen LogP contribution in [0.5, 0.6) is 0 Å². The third kappa shape index (κ3) is 6.27. The number of carbonyl (C=O) groups excluding carboxylic acids is 1. The number of allylic oxidation sites excluding steroid dienone is 3. The molecule has 254 valence electrons. The molecular weight excluding hydrogens is 629 g/mol. The summed E-state index contributed by atoms with van der Waals surface area (Å²) in [4.78, 5) is 14.0. The summed E-state index contributed by atoms with van der Waals surface area (Å²) in [5.74, 6) is 10.0. The molecule has 0 bridgehead atoms. The van der Waals surface area contributed by atoms with Gasteiger partial charge >= 0.3 is 0 Å². The number of aliphatic hydroxyl groups is 1. The average molecular weight is 691 g/mol. The van der Waals surface area contributed by atoms with Gasteiger partial charge in [0.2, 0.25) is 16.6 Å². The Balaban J connectivity index is 1.84. The molecule has 4 rings (SSSR count). The second-order valence-electron chi connectivity index (χ2n) is 17.0. The van der Waals surface area contributed by atoms with Crippen LogP contribution in [0.25, 0.3) is 0 Å². The van der Waals surface area contributed by atoms with Gasteiger partial charge in [-0.15, -0.1) is 23.5 Å². The van der Waals surface area contributed by atoms with Crippen LogP contribution in [0.15, 0.2) is 23.0 Å². The van der Waals surface area contributed by atoms with E-state index in [1.165, 1.54) is 12.0 Å². The highest BCUT2D eigenvalue weighted by Gasteiger charge is 2.67. The maximum absolute atomic E-state index is 14.0. The average Bonchev–Trinajstić information content (AvgIpc) is 3.29. The van der Waals surface area contributed by atoms with Gasteiger partial charge in [-0.05, 0) is 103 Å². The van der Waals surface area contributed by atoms with Crippen LogP contribution in [0.3, 0.4) is 0 Å². The molecule has 4 nitrogen and oxygen atoms in total. The number of fused-ring (bicyclic) bond motifs is 3. The van der Waals surface area contributed by atoms with Crippen LogP contribution in [0.4, 0.5) is 0 Å². The van der Waals surface area contributed by atoms with Gasteiger partial charge < -0.3 is 14.0 Å². The Morgan fingerprint density at radius 1 is 1.00 bits per heavy atom. The Hall–Kier alpha value is -0.436. The van der Waals surface area contributed by atoms with E-state index in [2.05, 4.69) is 125 Å². The van der Waals surface area contributed by atoms with Gasteiger partial charge in [0, 0.05) is 17.8 Å². The predicted molar refractivity (Wildman–Crippen MR) is 200 cm³/mol. The lowest BCUT2D eigenvalue weighted by Crippen LogP contribution is -2.61. The summed E-state index contributed by atoms with van der Waals surface area (Å²) in [6, 6.07) is 0. The van der Waals surface area contributed by atoms with Gasteiger partial charge in [0.25, 0.3) is 0 Å². The molecule has 1 N–H and O–H groups in total. The summed E-state index contributed by atoms with van der Waals surface area (Å²) in [5, 5.41) is 13.0. The quantitative estimate of drug-likeness (QED) is 0.212. The largest absolute Gasteiger partial charge is 0.547 e. The van der Waals surface area contributed by atoms with Crippen LogP contribution in [-0.4, -0.2) is 54.8 Å². The standard InChI is InChI=1S/C37H62O4S2Si2/c1-24(2)45(25(3)4,26(5)6)40-28(8)16-17-37(39)27(7)20-32(38)30-21-33(41-44(13,14)34(9,10)11)29-22-36(42-18-15-19-43-36)23-31(29)35(30,37)12/h20,24-26,28,30-31,39H,15,18-19,21-23H2,1-14H3/t28?,30-,31-,35+,37?/m1/s1. The van der Waals surface area contributed by atoms with Crippen molar-refractivity contribution in [3.05, 3.63) is 23.0 Å². The molecule has 0 aromatic rings. The SMILES string of the molecule is CC1=CC(=O)[C@H]2CC(O[Si](C)(C)C(C)(C)C)=C3CC4(C[C@H]3[C@@]2(C)C1(O)C#CC(C)O[Si](C(C)C)(C(C)C)C(C)C)SCCCS4. The molecule has 2 fully saturated rings. The molecule has 1 heterocycles. The van der Waals surface area contributed by atoms with Gasteiger partial charge in [-0.2, -0.15) is 0 Å². The fraction of sp³-hybridized carbons (Fsp3) is 0.811. The Morgan fingerprint density at radius 3 is 2.07 bits per heavy atom. The highest BCUT2D eigenvalue weighted by Crippen LogP contribution is 2.68. The van der Waals surface area contributed by atoms with E-state index in [4.69, 9.17) is 8.85 Å². The van der Waals surface area contributed by atoms with E-state index in [9.17, 15) is 9.90 Å². The normalized spacial score (nSPS) is 31.2. The molecule has 1 aliphatic heterocycles. The molecule has 1 saturated heterocycles. The van der Waals surface area contributed by atoms with E-state index < -0.39 is 27.7 Å². The zero-order chi connectivity index (χ0) is 34.0. The number of hydrogen-bond donors (Lipinski definition) is 1. The molecular formula is C37H62O4S2Si2. The molecule has 0 radical (unpaired) electrons. The number of thioether (sulfide) groups is 2. The van der Waals surface area contributed by atoms with Crippen LogP contribution in [0, 0.1) is 29.1 Å². The lowest BCUT2D eigenvalue weighted by molar-refractivity contribution is -0.138. The number of ketones is 1. The van der Waals surface area contributed by atoms with E-state index in [1.807, 2.05) is 6.92 Å². The Bertz CT molecular complexity index is 1260. The smallest absolute Gasteiger partial charge is 0.250 e. The first-order valence-corrected chi connectivity index (χ1v) is 24.4. The van der Waals surface area contributed by atoms with Gasteiger partial charge in [0.15, 0.2) is 11.4 Å². The van der Waals surface area contributed by atoms with E-state index >= 15 is 0 Å². The van der Waals surface area contributed by atoms with Gasteiger partial charge in [-0.3, -0.25) is 4.79 Å². The Kier molecular flexibility index (Phi) is 10.6. The fourth-order valence-electron chi connectivity index (χ4n) is 8.89. The van der Waals surface area contributed by atoms with Crippen molar-refractivity contribution in [3.8, 4) is 11.8 Å². The second-order valence-corrected chi connectivity index (χ2v) is 30.4. The summed E-state index contributed by atoms with van der Waals surface area (Å²) in [6.07, 6.45) is 5.06. The maximum atomic E-state index is 14.0. The lowest BCUT2D eigenvalue weighted by Gasteiger charge is -2.56. The zero-order valence-electron chi connectivity index (χ0n) is 30.8. The molecule has 1 spiro atoms. The predicted octanol–water partition coefficient (Wildman–Crippen LogP) is 10.1. The van der Waals surface area contributed by atoms with Crippen molar-refractivity contribution in [2.45, 2.75) is 159 Å². The van der Waals surface area contributed by atoms with Crippen molar-refractivity contribution in [1.29, 1.82) is 0 Å². The second kappa shape index (κ2) is 12.8. The summed E-state index contributed by atoms with van der Waals surface area (Å²) >= 11 is 4.18. The van der Waals surface area contributed by atoms with Crippen LogP contribution in [0.2, 0.25) is 34.8 Å². The molecule has 4 aliphatic rings. The molecule has 0 amide bonds. The lowest BCUT2D eigenvalue weighted by atomic mass is 9.49. The third-order valence-corrected chi connectivity index (χ3v) is 26.3. The summed E-state index contributed by atoms with van der Waals surface area (Å²) in [7, 11) is -4.30. The van der Waals surface area contributed by atoms with Crippen LogP contribution >= 0.6 is 23.5 Å². The monoisotopic (exact) mass is 690 g/mol. The molecule has 5 atom stereocenters.